The van der Waals surface area contributed by atoms with E-state index in [4.69, 9.17) is 34.0 Å². The van der Waals surface area contributed by atoms with Crippen LogP contribution in [0.25, 0.3) is 11.3 Å². The van der Waals surface area contributed by atoms with Gasteiger partial charge in [-0.1, -0.05) is 0 Å². The summed E-state index contributed by atoms with van der Waals surface area (Å²) in [6, 6.07) is 12.1. The number of halogens is 1. The molecule has 0 bridgehead atoms. The van der Waals surface area contributed by atoms with Crippen molar-refractivity contribution in [2.24, 2.45) is 0 Å². The van der Waals surface area contributed by atoms with Crippen LogP contribution in [-0.4, -0.2) is 59.6 Å². The van der Waals surface area contributed by atoms with Crippen LogP contribution < -0.4 is 14.8 Å². The molecule has 182 valence electrons. The van der Waals surface area contributed by atoms with Crippen LogP contribution in [0.4, 0.5) is 10.3 Å². The monoisotopic (exact) mass is 475 g/mol. The van der Waals surface area contributed by atoms with Crippen molar-refractivity contribution in [3.05, 3.63) is 60.0 Å². The Balaban J connectivity index is 0.000000604. The first-order chi connectivity index (χ1) is 16.3. The highest BCUT2D eigenvalue weighted by molar-refractivity contribution is 6.27. The molecule has 11 heteroatoms. The molecule has 0 saturated heterocycles. The largest absolute Gasteiger partial charge is 0.497 e. The summed E-state index contributed by atoms with van der Waals surface area (Å²) in [5.74, 6) is -1.74. The number of aliphatic carboxylic acids is 2. The number of hydrogen-bond acceptors (Lipinski definition) is 7. The van der Waals surface area contributed by atoms with Crippen molar-refractivity contribution in [3.63, 3.8) is 0 Å². The third kappa shape index (κ3) is 7.20. The number of nitrogens with zero attached hydrogens (tertiary/aromatic N) is 2. The van der Waals surface area contributed by atoms with Gasteiger partial charge < -0.3 is 34.3 Å². The van der Waals surface area contributed by atoms with Gasteiger partial charge in [-0.2, -0.15) is 0 Å². The van der Waals surface area contributed by atoms with Crippen molar-refractivity contribution in [2.45, 2.75) is 13.1 Å². The van der Waals surface area contributed by atoms with E-state index in [1.54, 1.807) is 39.7 Å². The summed E-state index contributed by atoms with van der Waals surface area (Å²) in [5, 5.41) is 18.1. The molecule has 2 aromatic carbocycles. The zero-order valence-electron chi connectivity index (χ0n) is 18.9. The van der Waals surface area contributed by atoms with Crippen molar-refractivity contribution in [1.82, 2.24) is 9.55 Å². The average Bonchev–Trinajstić information content (AvgIpc) is 3.24. The van der Waals surface area contributed by atoms with Crippen LogP contribution in [0.5, 0.6) is 11.5 Å². The van der Waals surface area contributed by atoms with E-state index in [-0.39, 0.29) is 5.82 Å². The molecular formula is C23H26FN3O7. The molecule has 0 spiro atoms. The van der Waals surface area contributed by atoms with Gasteiger partial charge in [0.1, 0.15) is 17.3 Å². The third-order valence-electron chi connectivity index (χ3n) is 4.63. The number of rotatable bonds is 9. The summed E-state index contributed by atoms with van der Waals surface area (Å²) in [4.78, 5) is 22.7. The molecule has 0 atom stereocenters. The Bertz CT molecular complexity index is 1090. The lowest BCUT2D eigenvalue weighted by Gasteiger charge is -2.15. The van der Waals surface area contributed by atoms with Crippen LogP contribution in [0.15, 0.2) is 48.7 Å². The first-order valence-electron chi connectivity index (χ1n) is 10.0. The lowest BCUT2D eigenvalue weighted by molar-refractivity contribution is -0.159. The number of benzene rings is 2. The molecule has 0 amide bonds. The lowest BCUT2D eigenvalue weighted by Crippen LogP contribution is -2.12. The van der Waals surface area contributed by atoms with Crippen LogP contribution in [0.1, 0.15) is 5.56 Å². The minimum atomic E-state index is -1.82. The summed E-state index contributed by atoms with van der Waals surface area (Å²) in [7, 11) is 4.91. The maximum Gasteiger partial charge on any atom is 0.414 e. The van der Waals surface area contributed by atoms with Gasteiger partial charge in [-0.3, -0.25) is 0 Å². The van der Waals surface area contributed by atoms with E-state index in [1.807, 2.05) is 22.8 Å². The van der Waals surface area contributed by atoms with Gasteiger partial charge in [-0.05, 0) is 36.4 Å². The Kier molecular flexibility index (Phi) is 9.84. The second kappa shape index (κ2) is 12.8. The first kappa shape index (κ1) is 26.1. The van der Waals surface area contributed by atoms with Crippen LogP contribution in [0.3, 0.4) is 0 Å². The van der Waals surface area contributed by atoms with Crippen LogP contribution >= 0.6 is 0 Å². The molecular weight excluding hydrogens is 449 g/mol. The molecule has 34 heavy (non-hydrogen) atoms. The Morgan fingerprint density at radius 3 is 2.26 bits per heavy atom. The Morgan fingerprint density at radius 1 is 1.03 bits per heavy atom. The average molecular weight is 475 g/mol. The lowest BCUT2D eigenvalue weighted by atomic mass is 10.1. The van der Waals surface area contributed by atoms with Crippen molar-refractivity contribution >= 4 is 17.9 Å². The number of imidazole rings is 1. The second-order valence-corrected chi connectivity index (χ2v) is 6.76. The molecule has 0 saturated carbocycles. The SMILES string of the molecule is COCCn1c(-c2ccc(F)cc2)cnc1NCc1ccc(OC)cc1OC.O=C(O)C(=O)O. The smallest absolute Gasteiger partial charge is 0.414 e. The number of carboxylic acid groups (broad SMARTS) is 2. The van der Waals surface area contributed by atoms with Gasteiger partial charge in [0, 0.05) is 37.4 Å². The standard InChI is InChI=1S/C21H24FN3O3.C2H2O4/c1-26-11-10-25-19(15-4-7-17(22)8-5-15)14-24-21(25)23-13-16-6-9-18(27-2)12-20(16)28-3;3-1(4)2(5)6/h4-9,12,14H,10-11,13H2,1-3H3,(H,23,24);(H,3,4)(H,5,6). The van der Waals surface area contributed by atoms with Gasteiger partial charge in [0.15, 0.2) is 0 Å². The molecule has 1 aromatic heterocycles. The highest BCUT2D eigenvalue weighted by Gasteiger charge is 2.13. The molecule has 0 unspecified atom stereocenters. The van der Waals surface area contributed by atoms with E-state index in [0.29, 0.717) is 25.6 Å². The topological polar surface area (TPSA) is 132 Å². The quantitative estimate of drug-likeness (QED) is 0.399. The van der Waals surface area contributed by atoms with Gasteiger partial charge in [0.2, 0.25) is 5.95 Å². The molecule has 3 N–H and O–H groups in total. The highest BCUT2D eigenvalue weighted by Crippen LogP contribution is 2.27. The van der Waals surface area contributed by atoms with Crippen molar-refractivity contribution in [1.29, 1.82) is 0 Å². The molecule has 1 heterocycles. The van der Waals surface area contributed by atoms with Crippen LogP contribution in [-0.2, 0) is 27.4 Å². The van der Waals surface area contributed by atoms with E-state index < -0.39 is 11.9 Å². The number of ether oxygens (including phenoxy) is 3. The second-order valence-electron chi connectivity index (χ2n) is 6.76. The fourth-order valence-corrected chi connectivity index (χ4v) is 2.95. The summed E-state index contributed by atoms with van der Waals surface area (Å²) >= 11 is 0. The van der Waals surface area contributed by atoms with E-state index in [0.717, 1.165) is 28.3 Å². The van der Waals surface area contributed by atoms with E-state index >= 15 is 0 Å². The molecule has 0 aliphatic heterocycles. The van der Waals surface area contributed by atoms with Gasteiger partial charge in [-0.25, -0.2) is 19.0 Å². The Labute approximate surface area is 195 Å². The first-order valence-corrected chi connectivity index (χ1v) is 10.0. The fraction of sp³-hybridized carbons (Fsp3) is 0.261. The van der Waals surface area contributed by atoms with Crippen LogP contribution in [0.2, 0.25) is 0 Å². The maximum absolute atomic E-state index is 13.3. The highest BCUT2D eigenvalue weighted by atomic mass is 19.1. The van der Waals surface area contributed by atoms with E-state index in [9.17, 15) is 4.39 Å². The zero-order valence-corrected chi connectivity index (χ0v) is 18.9. The predicted molar refractivity (Wildman–Crippen MR) is 122 cm³/mol. The summed E-state index contributed by atoms with van der Waals surface area (Å²) in [6.45, 7) is 1.68. The van der Waals surface area contributed by atoms with Gasteiger partial charge in [0.05, 0.1) is 32.7 Å². The van der Waals surface area contributed by atoms with Crippen molar-refractivity contribution in [2.75, 3.05) is 33.3 Å². The van der Waals surface area contributed by atoms with E-state index in [2.05, 4.69) is 10.3 Å². The number of nitrogens with one attached hydrogen (secondary N) is 1. The molecule has 3 aromatic rings. The molecule has 0 fully saturated rings. The number of anilines is 1. The number of carboxylic acids is 2. The van der Waals surface area contributed by atoms with Gasteiger partial charge in [-0.15, -0.1) is 0 Å². The third-order valence-corrected chi connectivity index (χ3v) is 4.63. The maximum atomic E-state index is 13.3. The van der Waals surface area contributed by atoms with Gasteiger partial charge >= 0.3 is 11.9 Å². The Morgan fingerprint density at radius 2 is 1.71 bits per heavy atom. The summed E-state index contributed by atoms with van der Waals surface area (Å²) in [6.07, 6.45) is 1.77. The summed E-state index contributed by atoms with van der Waals surface area (Å²) < 4.78 is 31.2. The molecule has 0 aliphatic rings. The molecule has 10 nitrogen and oxygen atoms in total. The zero-order chi connectivity index (χ0) is 25.1. The number of aromatic nitrogens is 2. The molecule has 3 rings (SSSR count). The van der Waals surface area contributed by atoms with E-state index in [1.165, 1.54) is 12.1 Å². The minimum Gasteiger partial charge on any atom is -0.497 e. The predicted octanol–water partition coefficient (Wildman–Crippen LogP) is 3.12. The number of hydrogen-bond donors (Lipinski definition) is 3. The normalized spacial score (nSPS) is 10.1. The Hall–Kier alpha value is -4.12. The minimum absolute atomic E-state index is 0.267. The summed E-state index contributed by atoms with van der Waals surface area (Å²) in [5.41, 5.74) is 2.76. The number of methoxy groups -OCH3 is 3. The van der Waals surface area contributed by atoms with Crippen LogP contribution in [0, 0.1) is 5.82 Å². The van der Waals surface area contributed by atoms with Crippen molar-refractivity contribution in [3.8, 4) is 22.8 Å². The molecule has 0 radical (unpaired) electrons. The van der Waals surface area contributed by atoms with Gasteiger partial charge in [0.25, 0.3) is 0 Å². The fourth-order valence-electron chi connectivity index (χ4n) is 2.95. The molecule has 0 aliphatic carbocycles. The van der Waals surface area contributed by atoms with Crippen molar-refractivity contribution < 1.29 is 38.4 Å². The number of carbonyl (C=O) groups is 2.